The smallest absolute Gasteiger partial charge is 0.350 e. The third-order valence-corrected chi connectivity index (χ3v) is 3.08. The van der Waals surface area contributed by atoms with E-state index in [1.807, 2.05) is 85.9 Å². The molecule has 2 heterocycles. The quantitative estimate of drug-likeness (QED) is 0.239. The summed E-state index contributed by atoms with van der Waals surface area (Å²) in [6, 6.07) is 11.5. The van der Waals surface area contributed by atoms with E-state index in [1.165, 1.54) is 0 Å². The van der Waals surface area contributed by atoms with Crippen molar-refractivity contribution in [1.82, 2.24) is 4.57 Å². The molecule has 122 valence electrons. The van der Waals surface area contributed by atoms with Gasteiger partial charge in [0.2, 0.25) is 5.84 Å². The molecule has 0 saturated carbocycles. The van der Waals surface area contributed by atoms with Gasteiger partial charge in [0.25, 0.3) is 0 Å². The molecule has 0 radical (unpaired) electrons. The standard InChI is InChI=1S/C16H21N6.ClH/c1-13(2)16(19-17-14-9-5-7-11-21(14)3)20-18-15-10-6-8-12-22(15)4;/h5-13H,1-4H3;1H/q+1;/p-1. The Morgan fingerprint density at radius 3 is 2.52 bits per heavy atom. The second kappa shape index (κ2) is 8.95. The van der Waals surface area contributed by atoms with E-state index in [-0.39, 0.29) is 18.3 Å². The molecular formula is C16H21ClN6. The van der Waals surface area contributed by atoms with Gasteiger partial charge in [-0.25, -0.2) is 4.57 Å². The van der Waals surface area contributed by atoms with Crippen molar-refractivity contribution >= 4 is 11.7 Å². The fourth-order valence-corrected chi connectivity index (χ4v) is 1.69. The van der Waals surface area contributed by atoms with Crippen molar-refractivity contribution in [3.63, 3.8) is 0 Å². The summed E-state index contributed by atoms with van der Waals surface area (Å²) in [4.78, 5) is 0. The zero-order valence-corrected chi connectivity index (χ0v) is 14.5. The average Bonchev–Trinajstić information content (AvgIpc) is 2.50. The van der Waals surface area contributed by atoms with Crippen LogP contribution in [-0.4, -0.2) is 10.4 Å². The number of hydrogen-bond donors (Lipinski definition) is 0. The summed E-state index contributed by atoms with van der Waals surface area (Å²) < 4.78 is 3.80. The van der Waals surface area contributed by atoms with Gasteiger partial charge in [-0.05, 0) is 23.3 Å². The second-order valence-corrected chi connectivity index (χ2v) is 5.25. The highest BCUT2D eigenvalue weighted by Crippen LogP contribution is 2.07. The van der Waals surface area contributed by atoms with E-state index >= 15 is 0 Å². The van der Waals surface area contributed by atoms with Gasteiger partial charge in [-0.1, -0.05) is 26.0 Å². The Morgan fingerprint density at radius 1 is 1.13 bits per heavy atom. The molecule has 0 aliphatic carbocycles. The van der Waals surface area contributed by atoms with Crippen LogP contribution in [-0.2, 0) is 14.1 Å². The van der Waals surface area contributed by atoms with Gasteiger partial charge in [-0.3, -0.25) is 0 Å². The summed E-state index contributed by atoms with van der Waals surface area (Å²) in [7, 11) is 3.85. The summed E-state index contributed by atoms with van der Waals surface area (Å²) in [6.45, 7) is 4.03. The minimum absolute atomic E-state index is 0. The fourth-order valence-electron chi connectivity index (χ4n) is 1.69. The molecule has 0 unspecified atom stereocenters. The first-order valence-electron chi connectivity index (χ1n) is 7.17. The Kier molecular flexibility index (Phi) is 7.28. The van der Waals surface area contributed by atoms with E-state index in [9.17, 15) is 0 Å². The van der Waals surface area contributed by atoms with Crippen molar-refractivity contribution in [2.75, 3.05) is 0 Å². The molecule has 0 spiro atoms. The lowest BCUT2D eigenvalue weighted by Gasteiger charge is -1.99. The molecule has 0 aromatic carbocycles. The van der Waals surface area contributed by atoms with Gasteiger partial charge in [0.05, 0.1) is 18.4 Å². The summed E-state index contributed by atoms with van der Waals surface area (Å²) in [5.74, 6) is 1.49. The molecule has 2 aromatic heterocycles. The largest absolute Gasteiger partial charge is 1.00 e. The van der Waals surface area contributed by atoms with Crippen LogP contribution in [0.3, 0.4) is 0 Å². The molecule has 2 aromatic rings. The second-order valence-electron chi connectivity index (χ2n) is 5.25. The lowest BCUT2D eigenvalue weighted by Crippen LogP contribution is -3.00. The van der Waals surface area contributed by atoms with Gasteiger partial charge in [0.1, 0.15) is 0 Å². The Bertz CT molecular complexity index is 761. The monoisotopic (exact) mass is 332 g/mol. The van der Waals surface area contributed by atoms with Crippen LogP contribution < -0.4 is 22.5 Å². The maximum Gasteiger partial charge on any atom is 0.350 e. The van der Waals surface area contributed by atoms with E-state index < -0.39 is 0 Å². The Balaban J connectivity index is 0.00000264. The molecule has 7 heteroatoms. The van der Waals surface area contributed by atoms with Crippen molar-refractivity contribution < 1.29 is 17.0 Å². The van der Waals surface area contributed by atoms with E-state index in [2.05, 4.69) is 20.4 Å². The molecule has 0 aliphatic heterocycles. The number of azo groups is 1. The summed E-state index contributed by atoms with van der Waals surface area (Å²) in [5, 5.41) is 17.0. The first-order chi connectivity index (χ1) is 10.6. The third kappa shape index (κ3) is 5.41. The predicted molar refractivity (Wildman–Crippen MR) is 85.4 cm³/mol. The molecular weight excluding hydrogens is 312 g/mol. The number of nitrogens with zero attached hydrogens (tertiary/aromatic N) is 6. The van der Waals surface area contributed by atoms with Gasteiger partial charge in [-0.15, -0.1) is 10.2 Å². The number of amidine groups is 1. The van der Waals surface area contributed by atoms with Crippen LogP contribution in [0.15, 0.2) is 69.2 Å². The van der Waals surface area contributed by atoms with Crippen LogP contribution in [0.1, 0.15) is 13.8 Å². The number of hydrogen-bond acceptors (Lipinski definition) is 3. The maximum atomic E-state index is 4.25. The van der Waals surface area contributed by atoms with Crippen LogP contribution in [0.2, 0.25) is 0 Å². The highest BCUT2D eigenvalue weighted by Gasteiger charge is 2.09. The fraction of sp³-hybridized carbons (Fsp3) is 0.312. The van der Waals surface area contributed by atoms with Crippen molar-refractivity contribution in [2.45, 2.75) is 13.8 Å². The lowest BCUT2D eigenvalue weighted by molar-refractivity contribution is -0.658. The van der Waals surface area contributed by atoms with Crippen LogP contribution in [0.4, 0.5) is 5.82 Å². The maximum absolute atomic E-state index is 4.25. The van der Waals surface area contributed by atoms with Crippen LogP contribution in [0.5, 0.6) is 0 Å². The third-order valence-electron chi connectivity index (χ3n) is 3.08. The molecule has 0 fully saturated rings. The minimum atomic E-state index is 0. The first kappa shape index (κ1) is 18.7. The van der Waals surface area contributed by atoms with Crippen molar-refractivity contribution in [3.8, 4) is 0 Å². The highest BCUT2D eigenvalue weighted by atomic mass is 35.5. The number of halogens is 1. The highest BCUT2D eigenvalue weighted by molar-refractivity contribution is 5.84. The molecule has 0 bridgehead atoms. The Hall–Kier alpha value is -2.34. The van der Waals surface area contributed by atoms with Crippen molar-refractivity contribution in [3.05, 3.63) is 54.3 Å². The van der Waals surface area contributed by atoms with Gasteiger partial charge in [-0.2, -0.15) is 0 Å². The van der Waals surface area contributed by atoms with Gasteiger partial charge >= 0.3 is 5.82 Å². The van der Waals surface area contributed by atoms with Crippen LogP contribution in [0.25, 0.3) is 0 Å². The average molecular weight is 333 g/mol. The molecule has 0 aliphatic rings. The van der Waals surface area contributed by atoms with E-state index in [4.69, 9.17) is 0 Å². The molecule has 0 atom stereocenters. The molecule has 23 heavy (non-hydrogen) atoms. The van der Waals surface area contributed by atoms with Crippen molar-refractivity contribution in [2.24, 2.45) is 40.4 Å². The number of rotatable bonds is 3. The predicted octanol–water partition coefficient (Wildman–Crippen LogP) is -0.492. The number of pyridine rings is 2. The van der Waals surface area contributed by atoms with Crippen LogP contribution >= 0.6 is 0 Å². The minimum Gasteiger partial charge on any atom is -1.00 e. The zero-order valence-electron chi connectivity index (χ0n) is 13.8. The van der Waals surface area contributed by atoms with E-state index in [0.717, 1.165) is 11.3 Å². The summed E-state index contributed by atoms with van der Waals surface area (Å²) >= 11 is 0. The van der Waals surface area contributed by atoms with Gasteiger partial charge < -0.3 is 17.0 Å². The van der Waals surface area contributed by atoms with E-state index in [1.54, 1.807) is 0 Å². The summed E-state index contributed by atoms with van der Waals surface area (Å²) in [6.07, 6.45) is 3.85. The van der Waals surface area contributed by atoms with Gasteiger partial charge in [0, 0.05) is 25.2 Å². The molecule has 0 N–H and O–H groups in total. The normalized spacial score (nSPS) is 12.7. The SMILES string of the molecule is CC(C)C(N=Nc1cccc[n+]1C)=NN=c1ccccn1C.[Cl-]. The summed E-state index contributed by atoms with van der Waals surface area (Å²) in [5.41, 5.74) is 0.765. The number of aryl methyl sites for hydroxylation is 2. The molecule has 0 saturated heterocycles. The molecule has 6 nitrogen and oxygen atoms in total. The van der Waals surface area contributed by atoms with Gasteiger partial charge in [0.15, 0.2) is 5.49 Å². The van der Waals surface area contributed by atoms with Crippen molar-refractivity contribution in [1.29, 1.82) is 0 Å². The molecule has 2 rings (SSSR count). The lowest BCUT2D eigenvalue weighted by atomic mass is 10.2. The topological polar surface area (TPSA) is 58.2 Å². The van der Waals surface area contributed by atoms with E-state index in [0.29, 0.717) is 5.84 Å². The Labute approximate surface area is 142 Å². The van der Waals surface area contributed by atoms with Crippen LogP contribution in [0, 0.1) is 5.92 Å². The number of aromatic nitrogens is 2. The zero-order chi connectivity index (χ0) is 15.9. The Morgan fingerprint density at radius 2 is 1.87 bits per heavy atom. The molecule has 0 amide bonds. The first-order valence-corrected chi connectivity index (χ1v) is 7.17.